The number of aromatic nitrogens is 2. The average Bonchev–Trinajstić information content (AvgIpc) is 3.27. The van der Waals surface area contributed by atoms with Crippen LogP contribution < -0.4 is 20.5 Å². The molecule has 3 aromatic rings. The minimum Gasteiger partial charge on any atom is -0.493 e. The van der Waals surface area contributed by atoms with Gasteiger partial charge < -0.3 is 25.0 Å². The highest BCUT2D eigenvalue weighted by Crippen LogP contribution is 2.27. The van der Waals surface area contributed by atoms with E-state index in [1.54, 1.807) is 14.2 Å². The van der Waals surface area contributed by atoms with Crippen LogP contribution in [0.5, 0.6) is 11.5 Å². The van der Waals surface area contributed by atoms with Crippen molar-refractivity contribution in [3.63, 3.8) is 0 Å². The fourth-order valence-corrected chi connectivity index (χ4v) is 2.70. The Morgan fingerprint density at radius 3 is 2.57 bits per heavy atom. The molecule has 3 N–H and O–H groups in total. The Morgan fingerprint density at radius 2 is 1.87 bits per heavy atom. The summed E-state index contributed by atoms with van der Waals surface area (Å²) in [7, 11) is 3.20. The molecule has 0 aliphatic rings. The van der Waals surface area contributed by atoms with E-state index in [9.17, 15) is 0 Å². The van der Waals surface area contributed by atoms with Gasteiger partial charge in [-0.1, -0.05) is 48.5 Å². The van der Waals surface area contributed by atoms with Crippen LogP contribution in [0.3, 0.4) is 0 Å². The van der Waals surface area contributed by atoms with Crippen molar-refractivity contribution in [2.24, 2.45) is 10.7 Å². The number of rotatable bonds is 8. The number of methoxy groups -OCH3 is 2. The van der Waals surface area contributed by atoms with Gasteiger partial charge in [0, 0.05) is 12.1 Å². The number of guanidine groups is 1. The zero-order valence-electron chi connectivity index (χ0n) is 17.2. The lowest BCUT2D eigenvalue weighted by Gasteiger charge is -2.10. The maximum Gasteiger partial charge on any atom is 0.231 e. The molecule has 0 aliphatic carbocycles. The van der Waals surface area contributed by atoms with Crippen LogP contribution in [0, 0.1) is 0 Å². The van der Waals surface area contributed by atoms with Crippen LogP contribution in [0.1, 0.15) is 24.3 Å². The number of nitrogens with one attached hydrogen (secondary N) is 1. The van der Waals surface area contributed by atoms with E-state index in [1.807, 2.05) is 55.5 Å². The first-order chi connectivity index (χ1) is 14.1. The topological polar surface area (TPSA) is 108 Å². The van der Waals surface area contributed by atoms with E-state index in [1.165, 1.54) is 0 Å². The van der Waals surface area contributed by atoms with Crippen LogP contribution in [0.2, 0.25) is 0 Å². The molecule has 1 heterocycles. The first kappa shape index (κ1) is 23.5. The Balaban J connectivity index is 0.00000320. The summed E-state index contributed by atoms with van der Waals surface area (Å²) >= 11 is 0. The van der Waals surface area contributed by atoms with Crippen LogP contribution in [0.4, 0.5) is 0 Å². The number of ether oxygens (including phenoxy) is 2. The number of hydrogen-bond donors (Lipinski definition) is 2. The van der Waals surface area contributed by atoms with Crippen molar-refractivity contribution < 1.29 is 14.0 Å². The summed E-state index contributed by atoms with van der Waals surface area (Å²) < 4.78 is 15.9. The highest BCUT2D eigenvalue weighted by molar-refractivity contribution is 14.0. The predicted molar refractivity (Wildman–Crippen MR) is 126 cm³/mol. The summed E-state index contributed by atoms with van der Waals surface area (Å²) in [4.78, 5) is 8.83. The van der Waals surface area contributed by atoms with E-state index in [2.05, 4.69) is 20.4 Å². The average molecular weight is 523 g/mol. The largest absolute Gasteiger partial charge is 0.493 e. The van der Waals surface area contributed by atoms with Crippen LogP contribution >= 0.6 is 24.0 Å². The highest BCUT2D eigenvalue weighted by atomic mass is 127. The molecule has 0 bridgehead atoms. The molecule has 0 aliphatic heterocycles. The van der Waals surface area contributed by atoms with Gasteiger partial charge in [0.1, 0.15) is 0 Å². The normalized spacial score (nSPS) is 12.0. The standard InChI is InChI=1S/C21H25N5O3.HI/c1-14(20-25-19(26-29-20)16-7-5-4-6-8-16)12-23-21(22)24-13-15-9-10-17(27-2)18(11-15)28-3;/h4-11,14H,12-13H2,1-3H3,(H3,22,23,24);1H. The van der Waals surface area contributed by atoms with E-state index in [0.717, 1.165) is 11.1 Å². The van der Waals surface area contributed by atoms with E-state index < -0.39 is 0 Å². The second-order valence-electron chi connectivity index (χ2n) is 6.49. The van der Waals surface area contributed by atoms with Crippen LogP contribution in [-0.2, 0) is 6.54 Å². The summed E-state index contributed by atoms with van der Waals surface area (Å²) in [6.07, 6.45) is 0. The number of halogens is 1. The third kappa shape index (κ3) is 6.09. The molecule has 9 heteroatoms. The molecular weight excluding hydrogens is 497 g/mol. The molecule has 0 amide bonds. The first-order valence-electron chi connectivity index (χ1n) is 9.24. The summed E-state index contributed by atoms with van der Waals surface area (Å²) in [5.41, 5.74) is 7.87. The van der Waals surface area contributed by atoms with Gasteiger partial charge in [-0.2, -0.15) is 4.98 Å². The fourth-order valence-electron chi connectivity index (χ4n) is 2.70. The molecule has 8 nitrogen and oxygen atoms in total. The SMILES string of the molecule is COc1ccc(CN=C(N)NCC(C)c2nc(-c3ccccc3)no2)cc1OC.I. The van der Waals surface area contributed by atoms with Crippen molar-refractivity contribution in [3.8, 4) is 22.9 Å². The van der Waals surface area contributed by atoms with E-state index >= 15 is 0 Å². The molecule has 0 spiro atoms. The number of aliphatic imine (C=N–C) groups is 1. The molecule has 0 saturated heterocycles. The van der Waals surface area contributed by atoms with Crippen LogP contribution in [0.25, 0.3) is 11.4 Å². The van der Waals surface area contributed by atoms with Gasteiger partial charge in [0.05, 0.1) is 26.7 Å². The lowest BCUT2D eigenvalue weighted by atomic mass is 10.2. The summed E-state index contributed by atoms with van der Waals surface area (Å²) in [5.74, 6) is 2.77. The van der Waals surface area contributed by atoms with Gasteiger partial charge >= 0.3 is 0 Å². The summed E-state index contributed by atoms with van der Waals surface area (Å²) in [6.45, 7) is 2.93. The second kappa shape index (κ2) is 11.4. The Bertz CT molecular complexity index is 962. The molecule has 2 aromatic carbocycles. The quantitative estimate of drug-likeness (QED) is 0.264. The number of benzene rings is 2. The van der Waals surface area contributed by atoms with E-state index in [4.69, 9.17) is 19.7 Å². The van der Waals surface area contributed by atoms with Gasteiger partial charge in [0.25, 0.3) is 0 Å². The first-order valence-corrected chi connectivity index (χ1v) is 9.24. The van der Waals surface area contributed by atoms with Crippen molar-refractivity contribution in [1.82, 2.24) is 15.5 Å². The summed E-state index contributed by atoms with van der Waals surface area (Å²) in [6, 6.07) is 15.3. The molecule has 160 valence electrons. The Labute approximate surface area is 192 Å². The highest BCUT2D eigenvalue weighted by Gasteiger charge is 2.15. The van der Waals surface area contributed by atoms with Crippen molar-refractivity contribution in [2.75, 3.05) is 20.8 Å². The Kier molecular flexibility index (Phi) is 8.90. The van der Waals surface area contributed by atoms with Crippen LogP contribution in [-0.4, -0.2) is 36.9 Å². The van der Waals surface area contributed by atoms with Gasteiger partial charge in [-0.3, -0.25) is 0 Å². The van der Waals surface area contributed by atoms with Gasteiger partial charge in [-0.05, 0) is 17.7 Å². The monoisotopic (exact) mass is 523 g/mol. The van der Waals surface area contributed by atoms with Crippen molar-refractivity contribution in [2.45, 2.75) is 19.4 Å². The number of nitrogens with zero attached hydrogens (tertiary/aromatic N) is 3. The zero-order valence-corrected chi connectivity index (χ0v) is 19.5. The molecule has 1 unspecified atom stereocenters. The Hall–Kier alpha value is -2.82. The lowest BCUT2D eigenvalue weighted by Crippen LogP contribution is -2.34. The van der Waals surface area contributed by atoms with Gasteiger partial charge in [-0.25, -0.2) is 4.99 Å². The van der Waals surface area contributed by atoms with Gasteiger partial charge in [0.2, 0.25) is 11.7 Å². The van der Waals surface area contributed by atoms with Crippen LogP contribution in [0.15, 0.2) is 58.0 Å². The van der Waals surface area contributed by atoms with Crippen molar-refractivity contribution in [1.29, 1.82) is 0 Å². The third-order valence-corrected chi connectivity index (χ3v) is 4.36. The van der Waals surface area contributed by atoms with E-state index in [0.29, 0.717) is 42.3 Å². The predicted octanol–water partition coefficient (Wildman–Crippen LogP) is 3.58. The third-order valence-electron chi connectivity index (χ3n) is 4.36. The Morgan fingerprint density at radius 1 is 1.13 bits per heavy atom. The zero-order chi connectivity index (χ0) is 20.6. The molecule has 30 heavy (non-hydrogen) atoms. The minimum absolute atomic E-state index is 0. The molecule has 1 atom stereocenters. The minimum atomic E-state index is -0.0187. The summed E-state index contributed by atoms with van der Waals surface area (Å²) in [5, 5.41) is 7.14. The maximum absolute atomic E-state index is 5.99. The molecular formula is C21H26IN5O3. The van der Waals surface area contributed by atoms with Crippen molar-refractivity contribution in [3.05, 3.63) is 60.0 Å². The maximum atomic E-state index is 5.99. The van der Waals surface area contributed by atoms with Gasteiger partial charge in [0.15, 0.2) is 17.5 Å². The number of hydrogen-bond acceptors (Lipinski definition) is 6. The number of nitrogens with two attached hydrogens (primary N) is 1. The van der Waals surface area contributed by atoms with Crippen molar-refractivity contribution >= 4 is 29.9 Å². The molecule has 0 radical (unpaired) electrons. The smallest absolute Gasteiger partial charge is 0.231 e. The van der Waals surface area contributed by atoms with E-state index in [-0.39, 0.29) is 29.9 Å². The van der Waals surface area contributed by atoms with Gasteiger partial charge in [-0.15, -0.1) is 24.0 Å². The molecule has 0 saturated carbocycles. The molecule has 1 aromatic heterocycles. The second-order valence-corrected chi connectivity index (χ2v) is 6.49. The fraction of sp³-hybridized carbons (Fsp3) is 0.286. The molecule has 0 fully saturated rings. The molecule has 3 rings (SSSR count). The lowest BCUT2D eigenvalue weighted by molar-refractivity contribution is 0.354.